The summed E-state index contributed by atoms with van der Waals surface area (Å²) in [6.07, 6.45) is 2.85. The third-order valence-corrected chi connectivity index (χ3v) is 5.40. The molecule has 156 valence electrons. The maximum absolute atomic E-state index is 12.1. The molecule has 0 spiro atoms. The second-order valence-corrected chi connectivity index (χ2v) is 9.18. The predicted octanol–water partition coefficient (Wildman–Crippen LogP) is 2.60. The number of anilines is 1. The van der Waals surface area contributed by atoms with E-state index in [1.165, 1.54) is 4.57 Å². The fraction of sp³-hybridized carbons (Fsp3) is 0.400. The van der Waals surface area contributed by atoms with E-state index in [1.54, 1.807) is 39.4 Å². The largest absolute Gasteiger partial charge is 0.383 e. The fourth-order valence-corrected chi connectivity index (χ4v) is 4.22. The van der Waals surface area contributed by atoms with Crippen molar-refractivity contribution in [1.82, 2.24) is 14.1 Å². The molecule has 0 radical (unpaired) electrons. The van der Waals surface area contributed by atoms with E-state index in [0.29, 0.717) is 23.4 Å². The molecular weight excluding hydrogens is 392 g/mol. The Hall–Kier alpha value is -2.65. The van der Waals surface area contributed by atoms with Crippen LogP contribution in [0, 0.1) is 13.8 Å². The first-order chi connectivity index (χ1) is 13.5. The van der Waals surface area contributed by atoms with Crippen LogP contribution in [0.25, 0.3) is 22.2 Å². The van der Waals surface area contributed by atoms with E-state index < -0.39 is 10.0 Å². The molecule has 0 bridgehead atoms. The molecule has 0 aliphatic heterocycles. The summed E-state index contributed by atoms with van der Waals surface area (Å²) >= 11 is 0. The molecule has 0 aliphatic rings. The number of sulfonamides is 1. The number of nitrogens with one attached hydrogen (secondary N) is 1. The molecule has 0 saturated heterocycles. The van der Waals surface area contributed by atoms with Crippen molar-refractivity contribution >= 4 is 26.7 Å². The number of hydrogen-bond acceptors (Lipinski definition) is 5. The Balaban J connectivity index is 2.34. The summed E-state index contributed by atoms with van der Waals surface area (Å²) in [7, 11) is -0.168. The maximum Gasteiger partial charge on any atom is 0.253 e. The van der Waals surface area contributed by atoms with Crippen molar-refractivity contribution in [3.05, 3.63) is 46.1 Å². The van der Waals surface area contributed by atoms with Gasteiger partial charge >= 0.3 is 0 Å². The minimum Gasteiger partial charge on any atom is -0.383 e. The first-order valence-electron chi connectivity index (χ1n) is 9.18. The van der Waals surface area contributed by atoms with Crippen LogP contribution in [0.3, 0.4) is 0 Å². The SMILES string of the molecule is COC[C@@H](C)n1c(C)nc2c(NS(C)(=O)=O)cc(-c3cc(C)c(=O)n(C)c3)cc21. The van der Waals surface area contributed by atoms with Crippen molar-refractivity contribution in [1.29, 1.82) is 0 Å². The van der Waals surface area contributed by atoms with Crippen LogP contribution in [0.2, 0.25) is 0 Å². The summed E-state index contributed by atoms with van der Waals surface area (Å²) in [6, 6.07) is 5.53. The normalized spacial score (nSPS) is 13.0. The van der Waals surface area contributed by atoms with Gasteiger partial charge in [0.15, 0.2) is 0 Å². The molecule has 0 amide bonds. The Morgan fingerprint density at radius 3 is 2.48 bits per heavy atom. The monoisotopic (exact) mass is 418 g/mol. The van der Waals surface area contributed by atoms with Crippen LogP contribution in [-0.4, -0.2) is 42.5 Å². The molecule has 0 saturated carbocycles. The van der Waals surface area contributed by atoms with E-state index in [1.807, 2.05) is 24.5 Å². The van der Waals surface area contributed by atoms with E-state index >= 15 is 0 Å². The summed E-state index contributed by atoms with van der Waals surface area (Å²) < 4.78 is 35.4. The lowest BCUT2D eigenvalue weighted by Crippen LogP contribution is -2.18. The summed E-state index contributed by atoms with van der Waals surface area (Å²) in [6.45, 7) is 6.15. The second kappa shape index (κ2) is 7.64. The molecule has 8 nitrogen and oxygen atoms in total. The molecule has 3 rings (SSSR count). The summed E-state index contributed by atoms with van der Waals surface area (Å²) in [5, 5.41) is 0. The molecule has 0 aliphatic carbocycles. The van der Waals surface area contributed by atoms with Gasteiger partial charge in [0, 0.05) is 25.9 Å². The van der Waals surface area contributed by atoms with Crippen molar-refractivity contribution < 1.29 is 13.2 Å². The number of rotatable bonds is 6. The predicted molar refractivity (Wildman–Crippen MR) is 115 cm³/mol. The van der Waals surface area contributed by atoms with Gasteiger partial charge < -0.3 is 13.9 Å². The summed E-state index contributed by atoms with van der Waals surface area (Å²) in [4.78, 5) is 16.7. The quantitative estimate of drug-likeness (QED) is 0.664. The highest BCUT2D eigenvalue weighted by Gasteiger charge is 2.19. The molecular formula is C20H26N4O4S. The summed E-state index contributed by atoms with van der Waals surface area (Å²) in [5.74, 6) is 0.759. The number of benzene rings is 1. The standard InChI is InChI=1S/C20H26N4O4S/c1-12-7-16(10-23(4)20(12)25)15-8-17(22-29(6,26)27)19-18(9-15)24(14(3)21-19)13(2)11-28-5/h7-10,13,22H,11H2,1-6H3/t13-/m1/s1. The van der Waals surface area contributed by atoms with Crippen LogP contribution in [0.15, 0.2) is 29.2 Å². The van der Waals surface area contributed by atoms with Crippen molar-refractivity contribution in [3.8, 4) is 11.1 Å². The zero-order valence-electron chi connectivity index (χ0n) is 17.5. The van der Waals surface area contributed by atoms with Gasteiger partial charge in [-0.05, 0) is 50.1 Å². The van der Waals surface area contributed by atoms with Crippen molar-refractivity contribution in [2.75, 3.05) is 24.7 Å². The molecule has 2 aromatic heterocycles. The van der Waals surface area contributed by atoms with Crippen LogP contribution in [0.1, 0.15) is 24.4 Å². The van der Waals surface area contributed by atoms with Crippen LogP contribution >= 0.6 is 0 Å². The minimum atomic E-state index is -3.50. The number of ether oxygens (including phenoxy) is 1. The number of hydrogen-bond donors (Lipinski definition) is 1. The Morgan fingerprint density at radius 2 is 1.90 bits per heavy atom. The topological polar surface area (TPSA) is 95.2 Å². The molecule has 0 unspecified atom stereocenters. The van der Waals surface area contributed by atoms with Crippen LogP contribution in [-0.2, 0) is 21.8 Å². The first kappa shape index (κ1) is 21.1. The zero-order chi connectivity index (χ0) is 21.5. The van der Waals surface area contributed by atoms with Gasteiger partial charge in [0.05, 0.1) is 30.1 Å². The number of pyridine rings is 1. The van der Waals surface area contributed by atoms with Crippen molar-refractivity contribution in [2.24, 2.45) is 7.05 Å². The first-order valence-corrected chi connectivity index (χ1v) is 11.1. The highest BCUT2D eigenvalue weighted by atomic mass is 32.2. The van der Waals surface area contributed by atoms with Crippen molar-refractivity contribution in [3.63, 3.8) is 0 Å². The zero-order valence-corrected chi connectivity index (χ0v) is 18.3. The van der Waals surface area contributed by atoms with Gasteiger partial charge in [0.1, 0.15) is 11.3 Å². The lowest BCUT2D eigenvalue weighted by molar-refractivity contribution is 0.163. The Kier molecular flexibility index (Phi) is 5.55. The average molecular weight is 419 g/mol. The van der Waals surface area contributed by atoms with E-state index in [9.17, 15) is 13.2 Å². The smallest absolute Gasteiger partial charge is 0.253 e. The van der Waals surface area contributed by atoms with Crippen LogP contribution in [0.5, 0.6) is 0 Å². The third kappa shape index (κ3) is 4.20. The van der Waals surface area contributed by atoms with Crippen LogP contribution in [0.4, 0.5) is 5.69 Å². The van der Waals surface area contributed by atoms with E-state index in [4.69, 9.17) is 4.74 Å². The number of imidazole rings is 1. The highest BCUT2D eigenvalue weighted by Crippen LogP contribution is 2.33. The Bertz CT molecular complexity index is 1220. The van der Waals surface area contributed by atoms with Gasteiger partial charge in [-0.3, -0.25) is 9.52 Å². The second-order valence-electron chi connectivity index (χ2n) is 7.43. The summed E-state index contributed by atoms with van der Waals surface area (Å²) in [5.41, 5.74) is 3.90. The minimum absolute atomic E-state index is 0.00759. The van der Waals surface area contributed by atoms with Gasteiger partial charge in [-0.15, -0.1) is 0 Å². The van der Waals surface area contributed by atoms with Crippen molar-refractivity contribution in [2.45, 2.75) is 26.8 Å². The average Bonchev–Trinajstić information content (AvgIpc) is 2.94. The fourth-order valence-electron chi connectivity index (χ4n) is 3.66. The maximum atomic E-state index is 12.1. The molecule has 29 heavy (non-hydrogen) atoms. The number of fused-ring (bicyclic) bond motifs is 1. The van der Waals surface area contributed by atoms with E-state index in [-0.39, 0.29) is 11.6 Å². The van der Waals surface area contributed by atoms with E-state index in [2.05, 4.69) is 9.71 Å². The third-order valence-electron chi connectivity index (χ3n) is 4.81. The lowest BCUT2D eigenvalue weighted by Gasteiger charge is -2.17. The highest BCUT2D eigenvalue weighted by molar-refractivity contribution is 7.92. The number of methoxy groups -OCH3 is 1. The molecule has 0 fully saturated rings. The molecule has 1 atom stereocenters. The number of nitrogens with zero attached hydrogens (tertiary/aromatic N) is 3. The molecule has 1 aromatic carbocycles. The van der Waals surface area contributed by atoms with Crippen LogP contribution < -0.4 is 10.3 Å². The van der Waals surface area contributed by atoms with Gasteiger partial charge in [-0.25, -0.2) is 13.4 Å². The molecule has 1 N–H and O–H groups in total. The number of aryl methyl sites for hydroxylation is 3. The lowest BCUT2D eigenvalue weighted by atomic mass is 10.0. The van der Waals surface area contributed by atoms with E-state index in [0.717, 1.165) is 28.7 Å². The molecule has 9 heteroatoms. The van der Waals surface area contributed by atoms with Gasteiger partial charge in [0.2, 0.25) is 10.0 Å². The molecule has 2 heterocycles. The Morgan fingerprint density at radius 1 is 1.21 bits per heavy atom. The van der Waals surface area contributed by atoms with Gasteiger partial charge in [-0.2, -0.15) is 0 Å². The van der Waals surface area contributed by atoms with Gasteiger partial charge in [-0.1, -0.05) is 0 Å². The Labute approximate surface area is 170 Å². The number of aromatic nitrogens is 3. The molecule has 3 aromatic rings. The van der Waals surface area contributed by atoms with Gasteiger partial charge in [0.25, 0.3) is 5.56 Å².